The van der Waals surface area contributed by atoms with E-state index in [2.05, 4.69) is 24.8 Å². The molecule has 2 N–H and O–H groups in total. The molecule has 0 spiro atoms. The summed E-state index contributed by atoms with van der Waals surface area (Å²) in [5.41, 5.74) is 8.46. The van der Waals surface area contributed by atoms with Crippen LogP contribution in [0.2, 0.25) is 5.02 Å². The van der Waals surface area contributed by atoms with E-state index in [1.165, 1.54) is 17.7 Å². The second kappa shape index (κ2) is 6.15. The fourth-order valence-corrected chi connectivity index (χ4v) is 3.16. The van der Waals surface area contributed by atoms with E-state index >= 15 is 0 Å². The first-order chi connectivity index (χ1) is 8.99. The van der Waals surface area contributed by atoms with Crippen LogP contribution >= 0.6 is 11.6 Å². The Bertz CT molecular complexity index is 429. The molecule has 19 heavy (non-hydrogen) atoms. The Morgan fingerprint density at radius 1 is 1.37 bits per heavy atom. The molecule has 1 aromatic carbocycles. The molecule has 1 saturated heterocycles. The number of benzene rings is 1. The lowest BCUT2D eigenvalue weighted by Crippen LogP contribution is -2.25. The predicted molar refractivity (Wildman–Crippen MR) is 84.0 cm³/mol. The van der Waals surface area contributed by atoms with Gasteiger partial charge in [-0.25, -0.2) is 0 Å². The summed E-state index contributed by atoms with van der Waals surface area (Å²) in [7, 11) is 0. The Morgan fingerprint density at radius 3 is 2.68 bits per heavy atom. The third kappa shape index (κ3) is 3.43. The monoisotopic (exact) mass is 280 g/mol. The van der Waals surface area contributed by atoms with E-state index in [4.69, 9.17) is 17.3 Å². The summed E-state index contributed by atoms with van der Waals surface area (Å²) in [5.74, 6) is 1.54. The summed E-state index contributed by atoms with van der Waals surface area (Å²) in [4.78, 5) is 2.48. The first kappa shape index (κ1) is 14.7. The van der Waals surface area contributed by atoms with Gasteiger partial charge < -0.3 is 10.6 Å². The topological polar surface area (TPSA) is 29.3 Å². The smallest absolute Gasteiger partial charge is 0.0459 e. The molecule has 3 heteroatoms. The predicted octanol–water partition coefficient (Wildman–Crippen LogP) is 3.71. The van der Waals surface area contributed by atoms with E-state index in [0.29, 0.717) is 0 Å². The van der Waals surface area contributed by atoms with Crippen LogP contribution in [0.4, 0.5) is 5.69 Å². The SMILES string of the molecule is CC(N)Cc1c(Cl)cccc1N1CCC(C(C)C)C1. The van der Waals surface area contributed by atoms with Crippen molar-refractivity contribution in [2.24, 2.45) is 17.6 Å². The van der Waals surface area contributed by atoms with Crippen molar-refractivity contribution in [1.29, 1.82) is 0 Å². The highest BCUT2D eigenvalue weighted by Crippen LogP contribution is 2.34. The number of hydrogen-bond acceptors (Lipinski definition) is 2. The van der Waals surface area contributed by atoms with Crippen LogP contribution in [0.5, 0.6) is 0 Å². The highest BCUT2D eigenvalue weighted by Gasteiger charge is 2.26. The molecule has 1 aromatic rings. The van der Waals surface area contributed by atoms with Gasteiger partial charge in [0.2, 0.25) is 0 Å². The zero-order valence-corrected chi connectivity index (χ0v) is 13.0. The van der Waals surface area contributed by atoms with Crippen molar-refractivity contribution in [2.45, 2.75) is 39.7 Å². The van der Waals surface area contributed by atoms with Gasteiger partial charge in [0.1, 0.15) is 0 Å². The van der Waals surface area contributed by atoms with Gasteiger partial charge in [0.25, 0.3) is 0 Å². The largest absolute Gasteiger partial charge is 0.371 e. The molecule has 0 radical (unpaired) electrons. The first-order valence-electron chi connectivity index (χ1n) is 7.27. The van der Waals surface area contributed by atoms with Gasteiger partial charge in [-0.05, 0) is 49.3 Å². The summed E-state index contributed by atoms with van der Waals surface area (Å²) in [5, 5.41) is 0.850. The van der Waals surface area contributed by atoms with E-state index < -0.39 is 0 Å². The summed E-state index contributed by atoms with van der Waals surface area (Å²) in [6, 6.07) is 6.35. The maximum Gasteiger partial charge on any atom is 0.0459 e. The Labute approximate surface area is 121 Å². The fourth-order valence-electron chi connectivity index (χ4n) is 2.92. The van der Waals surface area contributed by atoms with Crippen molar-refractivity contribution in [1.82, 2.24) is 0 Å². The molecule has 0 aromatic heterocycles. The number of hydrogen-bond donors (Lipinski definition) is 1. The molecule has 2 nitrogen and oxygen atoms in total. The van der Waals surface area contributed by atoms with Crippen LogP contribution < -0.4 is 10.6 Å². The van der Waals surface area contributed by atoms with Gasteiger partial charge in [-0.15, -0.1) is 0 Å². The number of anilines is 1. The molecule has 0 saturated carbocycles. The minimum Gasteiger partial charge on any atom is -0.371 e. The maximum absolute atomic E-state index is 6.37. The van der Waals surface area contributed by atoms with Gasteiger partial charge in [-0.2, -0.15) is 0 Å². The normalized spacial score (nSPS) is 21.2. The molecule has 106 valence electrons. The number of rotatable bonds is 4. The molecular formula is C16H25ClN2. The average Bonchev–Trinajstić information content (AvgIpc) is 2.80. The third-order valence-electron chi connectivity index (χ3n) is 4.13. The van der Waals surface area contributed by atoms with Gasteiger partial charge in [0.15, 0.2) is 0 Å². The standard InChI is InChI=1S/C16H25ClN2/c1-11(2)13-7-8-19(10-13)16-6-4-5-15(17)14(16)9-12(3)18/h4-6,11-13H,7-10,18H2,1-3H3. The van der Waals surface area contributed by atoms with Gasteiger partial charge in [-0.1, -0.05) is 31.5 Å². The Hall–Kier alpha value is -0.730. The average molecular weight is 281 g/mol. The van der Waals surface area contributed by atoms with E-state index in [1.54, 1.807) is 0 Å². The molecule has 1 heterocycles. The summed E-state index contributed by atoms with van der Waals surface area (Å²) < 4.78 is 0. The van der Waals surface area contributed by atoms with E-state index in [0.717, 1.165) is 36.4 Å². The Kier molecular flexibility index (Phi) is 4.75. The molecule has 1 fully saturated rings. The molecule has 0 bridgehead atoms. The lowest BCUT2D eigenvalue weighted by molar-refractivity contribution is 0.422. The van der Waals surface area contributed by atoms with Gasteiger partial charge in [0.05, 0.1) is 0 Å². The van der Waals surface area contributed by atoms with Crippen molar-refractivity contribution in [2.75, 3.05) is 18.0 Å². The van der Waals surface area contributed by atoms with Crippen LogP contribution in [-0.2, 0) is 6.42 Å². The second-order valence-corrected chi connectivity index (χ2v) is 6.56. The molecule has 0 aliphatic carbocycles. The summed E-state index contributed by atoms with van der Waals surface area (Å²) in [6.45, 7) is 8.94. The van der Waals surface area contributed by atoms with Crippen LogP contribution in [0.1, 0.15) is 32.8 Å². The van der Waals surface area contributed by atoms with Crippen LogP contribution in [0.3, 0.4) is 0 Å². The highest BCUT2D eigenvalue weighted by molar-refractivity contribution is 6.31. The maximum atomic E-state index is 6.37. The molecular weight excluding hydrogens is 256 g/mol. The van der Waals surface area contributed by atoms with E-state index in [1.807, 2.05) is 19.1 Å². The Balaban J connectivity index is 2.23. The molecule has 2 unspecified atom stereocenters. The lowest BCUT2D eigenvalue weighted by atomic mass is 9.95. The number of nitrogens with zero attached hydrogens (tertiary/aromatic N) is 1. The zero-order chi connectivity index (χ0) is 14.0. The fraction of sp³-hybridized carbons (Fsp3) is 0.625. The Morgan fingerprint density at radius 2 is 2.11 bits per heavy atom. The first-order valence-corrected chi connectivity index (χ1v) is 7.64. The molecule has 2 atom stereocenters. The second-order valence-electron chi connectivity index (χ2n) is 6.16. The van der Waals surface area contributed by atoms with Crippen LogP contribution in [0.15, 0.2) is 18.2 Å². The molecule has 1 aliphatic rings. The highest BCUT2D eigenvalue weighted by atomic mass is 35.5. The van der Waals surface area contributed by atoms with Crippen molar-refractivity contribution in [3.63, 3.8) is 0 Å². The molecule has 1 aliphatic heterocycles. The van der Waals surface area contributed by atoms with Crippen LogP contribution in [0.25, 0.3) is 0 Å². The van der Waals surface area contributed by atoms with Crippen molar-refractivity contribution in [3.8, 4) is 0 Å². The van der Waals surface area contributed by atoms with Crippen molar-refractivity contribution >= 4 is 17.3 Å². The number of halogens is 1. The van der Waals surface area contributed by atoms with Crippen molar-refractivity contribution < 1.29 is 0 Å². The summed E-state index contributed by atoms with van der Waals surface area (Å²) >= 11 is 6.37. The van der Waals surface area contributed by atoms with Crippen molar-refractivity contribution in [3.05, 3.63) is 28.8 Å². The minimum absolute atomic E-state index is 0.141. The lowest BCUT2D eigenvalue weighted by Gasteiger charge is -2.24. The van der Waals surface area contributed by atoms with Crippen LogP contribution in [-0.4, -0.2) is 19.1 Å². The third-order valence-corrected chi connectivity index (χ3v) is 4.48. The van der Waals surface area contributed by atoms with Gasteiger partial charge in [-0.3, -0.25) is 0 Å². The summed E-state index contributed by atoms with van der Waals surface area (Å²) in [6.07, 6.45) is 2.12. The van der Waals surface area contributed by atoms with E-state index in [9.17, 15) is 0 Å². The van der Waals surface area contributed by atoms with Gasteiger partial charge >= 0.3 is 0 Å². The van der Waals surface area contributed by atoms with Crippen LogP contribution in [0, 0.1) is 11.8 Å². The van der Waals surface area contributed by atoms with Gasteiger partial charge in [0, 0.05) is 29.8 Å². The molecule has 0 amide bonds. The van der Waals surface area contributed by atoms with E-state index in [-0.39, 0.29) is 6.04 Å². The molecule has 2 rings (SSSR count). The zero-order valence-electron chi connectivity index (χ0n) is 12.2. The number of nitrogens with two attached hydrogens (primary N) is 1. The minimum atomic E-state index is 0.141. The quantitative estimate of drug-likeness (QED) is 0.911.